The van der Waals surface area contributed by atoms with Crippen LogP contribution >= 0.6 is 0 Å². The van der Waals surface area contributed by atoms with E-state index in [9.17, 15) is 18.0 Å². The van der Waals surface area contributed by atoms with Crippen LogP contribution in [0.15, 0.2) is 0 Å². The third-order valence-electron chi connectivity index (χ3n) is 2.43. The largest absolute Gasteiger partial charge is 0.471 e. The van der Waals surface area contributed by atoms with Crippen LogP contribution in [0.3, 0.4) is 0 Å². The number of aliphatic hydroxyl groups excluding tert-OH is 1. The first kappa shape index (κ1) is 13.2. The van der Waals surface area contributed by atoms with E-state index in [4.69, 9.17) is 5.11 Å². The average Bonchev–Trinajstić information content (AvgIpc) is 2.12. The van der Waals surface area contributed by atoms with Gasteiger partial charge in [0.2, 0.25) is 0 Å². The Bertz CT molecular complexity index is 239. The summed E-state index contributed by atoms with van der Waals surface area (Å²) in [4.78, 5) is 11.5. The zero-order valence-corrected chi connectivity index (χ0v) is 8.76. The smallest absolute Gasteiger partial charge is 0.396 e. The van der Waals surface area contributed by atoms with Gasteiger partial charge >= 0.3 is 12.1 Å². The number of likely N-dealkylation sites (tertiary alicyclic amines) is 1. The van der Waals surface area contributed by atoms with Gasteiger partial charge in [-0.25, -0.2) is 0 Å². The van der Waals surface area contributed by atoms with Gasteiger partial charge in [-0.05, 0) is 19.4 Å². The van der Waals surface area contributed by atoms with Gasteiger partial charge in [-0.15, -0.1) is 0 Å². The molecule has 0 unspecified atom stereocenters. The number of carbonyl (C=O) groups excluding carboxylic acids is 1. The standard InChI is InChI=1S/C9H15F3N2O2/c10-9(11,12)8(16)14-5-7(6-14)13-3-1-2-4-15/h7,13,15H,1-6H2. The SMILES string of the molecule is O=C(N1CC(NCCCCO)C1)C(F)(F)F. The summed E-state index contributed by atoms with van der Waals surface area (Å²) in [5.74, 6) is -1.76. The van der Waals surface area contributed by atoms with E-state index in [1.165, 1.54) is 0 Å². The molecule has 1 amide bonds. The van der Waals surface area contributed by atoms with Crippen molar-refractivity contribution in [2.75, 3.05) is 26.2 Å². The van der Waals surface area contributed by atoms with Crippen LogP contribution in [-0.4, -0.2) is 54.4 Å². The Labute approximate surface area is 91.4 Å². The lowest BCUT2D eigenvalue weighted by molar-refractivity contribution is -0.190. The van der Waals surface area contributed by atoms with Gasteiger partial charge in [0.1, 0.15) is 0 Å². The Morgan fingerprint density at radius 1 is 1.38 bits per heavy atom. The molecule has 0 atom stereocenters. The number of nitrogens with one attached hydrogen (secondary N) is 1. The summed E-state index contributed by atoms with van der Waals surface area (Å²) in [7, 11) is 0. The van der Waals surface area contributed by atoms with Crippen molar-refractivity contribution in [2.45, 2.75) is 25.1 Å². The molecule has 0 radical (unpaired) electrons. The summed E-state index contributed by atoms with van der Waals surface area (Å²) in [6.45, 7) is 0.985. The predicted octanol–water partition coefficient (Wildman–Crippen LogP) is 0.122. The van der Waals surface area contributed by atoms with Gasteiger partial charge < -0.3 is 15.3 Å². The number of alkyl halides is 3. The third kappa shape index (κ3) is 3.64. The van der Waals surface area contributed by atoms with E-state index in [1.54, 1.807) is 0 Å². The monoisotopic (exact) mass is 240 g/mol. The van der Waals surface area contributed by atoms with Crippen molar-refractivity contribution in [2.24, 2.45) is 0 Å². The minimum absolute atomic E-state index is 0.0509. The Morgan fingerprint density at radius 3 is 2.50 bits per heavy atom. The summed E-state index contributed by atoms with van der Waals surface area (Å²) in [5.41, 5.74) is 0. The fourth-order valence-electron chi connectivity index (χ4n) is 1.50. The van der Waals surface area contributed by atoms with E-state index in [-0.39, 0.29) is 25.7 Å². The van der Waals surface area contributed by atoms with Crippen LogP contribution in [0.25, 0.3) is 0 Å². The van der Waals surface area contributed by atoms with Gasteiger partial charge in [0.05, 0.1) is 0 Å². The molecule has 0 bridgehead atoms. The zero-order chi connectivity index (χ0) is 12.2. The zero-order valence-electron chi connectivity index (χ0n) is 8.76. The Hall–Kier alpha value is -0.820. The summed E-state index contributed by atoms with van der Waals surface area (Å²) in [5, 5.41) is 11.5. The topological polar surface area (TPSA) is 52.6 Å². The highest BCUT2D eigenvalue weighted by Crippen LogP contribution is 2.21. The Kier molecular flexibility index (Phi) is 4.55. The van der Waals surface area contributed by atoms with E-state index in [2.05, 4.69) is 5.32 Å². The quantitative estimate of drug-likeness (QED) is 0.671. The van der Waals surface area contributed by atoms with Crippen LogP contribution in [-0.2, 0) is 4.79 Å². The first-order chi connectivity index (χ1) is 7.45. The molecule has 1 heterocycles. The number of halogens is 3. The number of hydrogen-bond donors (Lipinski definition) is 2. The normalized spacial score (nSPS) is 17.4. The maximum absolute atomic E-state index is 12.0. The molecule has 94 valence electrons. The van der Waals surface area contributed by atoms with E-state index in [0.717, 1.165) is 11.3 Å². The molecule has 0 spiro atoms. The summed E-state index contributed by atoms with van der Waals surface area (Å²) >= 11 is 0. The molecule has 1 rings (SSSR count). The van der Waals surface area contributed by atoms with Crippen molar-refractivity contribution in [1.29, 1.82) is 0 Å². The van der Waals surface area contributed by atoms with Crippen molar-refractivity contribution >= 4 is 5.91 Å². The molecule has 1 fully saturated rings. The molecule has 0 aliphatic carbocycles. The summed E-state index contributed by atoms with van der Waals surface area (Å²) < 4.78 is 35.9. The van der Waals surface area contributed by atoms with Gasteiger partial charge in [0, 0.05) is 25.7 Å². The van der Waals surface area contributed by atoms with E-state index in [0.29, 0.717) is 13.0 Å². The molecule has 0 aromatic carbocycles. The first-order valence-electron chi connectivity index (χ1n) is 5.15. The van der Waals surface area contributed by atoms with Gasteiger partial charge in [-0.1, -0.05) is 0 Å². The van der Waals surface area contributed by atoms with Crippen LogP contribution in [0, 0.1) is 0 Å². The molecular formula is C9H15F3N2O2. The fraction of sp³-hybridized carbons (Fsp3) is 0.889. The van der Waals surface area contributed by atoms with Crippen LogP contribution in [0.2, 0.25) is 0 Å². The second kappa shape index (κ2) is 5.49. The maximum Gasteiger partial charge on any atom is 0.471 e. The van der Waals surface area contributed by atoms with Crippen LogP contribution in [0.5, 0.6) is 0 Å². The van der Waals surface area contributed by atoms with Gasteiger partial charge in [0.15, 0.2) is 0 Å². The fourth-order valence-corrected chi connectivity index (χ4v) is 1.50. The summed E-state index contributed by atoms with van der Waals surface area (Å²) in [6, 6.07) is -0.0509. The molecule has 1 saturated heterocycles. The lowest BCUT2D eigenvalue weighted by Crippen LogP contribution is -2.62. The van der Waals surface area contributed by atoms with Crippen molar-refractivity contribution in [1.82, 2.24) is 10.2 Å². The number of unbranched alkanes of at least 4 members (excludes halogenated alkanes) is 1. The molecule has 4 nitrogen and oxygen atoms in total. The molecule has 0 saturated carbocycles. The molecular weight excluding hydrogens is 225 g/mol. The minimum atomic E-state index is -4.76. The van der Waals surface area contributed by atoms with Gasteiger partial charge in [0.25, 0.3) is 0 Å². The van der Waals surface area contributed by atoms with Gasteiger partial charge in [-0.3, -0.25) is 4.79 Å². The Morgan fingerprint density at radius 2 is 2.00 bits per heavy atom. The molecule has 1 aliphatic rings. The van der Waals surface area contributed by atoms with Crippen LogP contribution in [0.4, 0.5) is 13.2 Å². The van der Waals surface area contributed by atoms with Crippen molar-refractivity contribution in [3.8, 4) is 0 Å². The van der Waals surface area contributed by atoms with E-state index in [1.807, 2.05) is 0 Å². The predicted molar refractivity (Wildman–Crippen MR) is 50.7 cm³/mol. The minimum Gasteiger partial charge on any atom is -0.396 e. The molecule has 2 N–H and O–H groups in total. The second-order valence-electron chi connectivity index (χ2n) is 3.79. The number of carbonyl (C=O) groups is 1. The lowest BCUT2D eigenvalue weighted by atomic mass is 10.1. The highest BCUT2D eigenvalue weighted by atomic mass is 19.4. The van der Waals surface area contributed by atoms with E-state index >= 15 is 0 Å². The number of nitrogens with zero attached hydrogens (tertiary/aromatic N) is 1. The number of rotatable bonds is 5. The highest BCUT2D eigenvalue weighted by molar-refractivity contribution is 5.82. The second-order valence-corrected chi connectivity index (χ2v) is 3.79. The summed E-state index contributed by atoms with van der Waals surface area (Å²) in [6.07, 6.45) is -3.31. The van der Waals surface area contributed by atoms with Crippen molar-refractivity contribution < 1.29 is 23.1 Å². The Balaban J connectivity index is 2.11. The van der Waals surface area contributed by atoms with Gasteiger partial charge in [-0.2, -0.15) is 13.2 Å². The number of aliphatic hydroxyl groups is 1. The van der Waals surface area contributed by atoms with Crippen LogP contribution < -0.4 is 5.32 Å². The van der Waals surface area contributed by atoms with Crippen LogP contribution in [0.1, 0.15) is 12.8 Å². The lowest BCUT2D eigenvalue weighted by Gasteiger charge is -2.39. The molecule has 1 aliphatic heterocycles. The molecule has 0 aromatic rings. The number of amides is 1. The molecule has 16 heavy (non-hydrogen) atoms. The highest BCUT2D eigenvalue weighted by Gasteiger charge is 2.46. The van der Waals surface area contributed by atoms with Crippen molar-refractivity contribution in [3.05, 3.63) is 0 Å². The van der Waals surface area contributed by atoms with E-state index < -0.39 is 12.1 Å². The first-order valence-corrected chi connectivity index (χ1v) is 5.15. The average molecular weight is 240 g/mol. The third-order valence-corrected chi connectivity index (χ3v) is 2.43. The molecule has 7 heteroatoms. The van der Waals surface area contributed by atoms with Crippen molar-refractivity contribution in [3.63, 3.8) is 0 Å². The molecule has 0 aromatic heterocycles. The maximum atomic E-state index is 12.0. The number of hydrogen-bond acceptors (Lipinski definition) is 3.